The van der Waals surface area contributed by atoms with Crippen LogP contribution in [0.2, 0.25) is 0 Å². The molecule has 6 nitrogen and oxygen atoms in total. The maximum Gasteiger partial charge on any atom is 0.254 e. The number of hydrogen-bond acceptors (Lipinski definition) is 4. The molecule has 1 aromatic heterocycles. The lowest BCUT2D eigenvalue weighted by Gasteiger charge is -2.24. The molecule has 158 valence electrons. The lowest BCUT2D eigenvalue weighted by atomic mass is 9.91. The molecule has 0 unspecified atom stereocenters. The number of rotatable bonds is 5. The van der Waals surface area contributed by atoms with Crippen LogP contribution >= 0.6 is 0 Å². The molecule has 4 rings (SSSR count). The highest BCUT2D eigenvalue weighted by Gasteiger charge is 2.29. The molecule has 1 aliphatic heterocycles. The van der Waals surface area contributed by atoms with Gasteiger partial charge in [0.1, 0.15) is 5.75 Å². The van der Waals surface area contributed by atoms with Gasteiger partial charge in [-0.15, -0.1) is 0 Å². The maximum absolute atomic E-state index is 13.1. The van der Waals surface area contributed by atoms with Gasteiger partial charge >= 0.3 is 0 Å². The number of methoxy groups -OCH3 is 1. The Labute approximate surface area is 181 Å². The molecule has 0 radical (unpaired) electrons. The monoisotopic (exact) mass is 415 g/mol. The van der Waals surface area contributed by atoms with Gasteiger partial charge in [-0.25, -0.2) is 0 Å². The third-order valence-corrected chi connectivity index (χ3v) is 5.57. The van der Waals surface area contributed by atoms with Crippen LogP contribution in [0.4, 0.5) is 0 Å². The van der Waals surface area contributed by atoms with E-state index < -0.39 is 0 Å². The normalized spacial score (nSPS) is 16.4. The summed E-state index contributed by atoms with van der Waals surface area (Å²) >= 11 is 0. The molecular formula is C25H25N3O3. The average Bonchev–Trinajstić information content (AvgIpc) is 3.01. The summed E-state index contributed by atoms with van der Waals surface area (Å²) in [6.07, 6.45) is 4.07. The van der Waals surface area contributed by atoms with Crippen LogP contribution in [-0.2, 0) is 11.2 Å². The van der Waals surface area contributed by atoms with E-state index in [1.54, 1.807) is 42.6 Å². The second-order valence-corrected chi connectivity index (χ2v) is 7.57. The van der Waals surface area contributed by atoms with Gasteiger partial charge in [-0.2, -0.15) is 0 Å². The van der Waals surface area contributed by atoms with E-state index in [0.29, 0.717) is 37.4 Å². The second-order valence-electron chi connectivity index (χ2n) is 7.57. The van der Waals surface area contributed by atoms with Crippen molar-refractivity contribution >= 4 is 11.8 Å². The minimum atomic E-state index is -0.333. The molecule has 2 aromatic carbocycles. The van der Waals surface area contributed by atoms with Gasteiger partial charge in [0.2, 0.25) is 5.91 Å². The fourth-order valence-electron chi connectivity index (χ4n) is 3.96. The number of pyridine rings is 1. The largest absolute Gasteiger partial charge is 0.497 e. The molecule has 1 fully saturated rings. The Morgan fingerprint density at radius 3 is 2.74 bits per heavy atom. The van der Waals surface area contributed by atoms with E-state index in [2.05, 4.69) is 16.4 Å². The van der Waals surface area contributed by atoms with E-state index in [4.69, 9.17) is 4.74 Å². The van der Waals surface area contributed by atoms with Crippen molar-refractivity contribution in [2.75, 3.05) is 26.7 Å². The summed E-state index contributed by atoms with van der Waals surface area (Å²) in [7, 11) is 1.58. The molecule has 31 heavy (non-hydrogen) atoms. The van der Waals surface area contributed by atoms with E-state index in [1.807, 2.05) is 36.4 Å². The van der Waals surface area contributed by atoms with Gasteiger partial charge in [-0.3, -0.25) is 14.6 Å². The smallest absolute Gasteiger partial charge is 0.254 e. The van der Waals surface area contributed by atoms with Crippen molar-refractivity contribution in [2.24, 2.45) is 5.92 Å². The summed E-state index contributed by atoms with van der Waals surface area (Å²) in [5, 5.41) is 2.97. The van der Waals surface area contributed by atoms with Gasteiger partial charge in [0.15, 0.2) is 0 Å². The standard InChI is InChI=1S/C25H25N3O3/c1-31-22-7-4-6-20(16-22)25(30)28-14-13-27-24(29)21(17-28)15-19-5-2-3-8-23(19)18-9-11-26-12-10-18/h2-12,16,21H,13-15,17H2,1H3,(H,27,29)/t21-/m0/s1. The first kappa shape index (κ1) is 20.6. The zero-order valence-corrected chi connectivity index (χ0v) is 17.5. The summed E-state index contributed by atoms with van der Waals surface area (Å²) < 4.78 is 5.25. The summed E-state index contributed by atoms with van der Waals surface area (Å²) in [5.74, 6) is 0.186. The summed E-state index contributed by atoms with van der Waals surface area (Å²) in [6.45, 7) is 1.29. The summed E-state index contributed by atoms with van der Waals surface area (Å²) in [4.78, 5) is 31.8. The molecule has 0 bridgehead atoms. The molecule has 2 amide bonds. The van der Waals surface area contributed by atoms with Crippen LogP contribution in [0.1, 0.15) is 15.9 Å². The number of ether oxygens (including phenoxy) is 1. The van der Waals surface area contributed by atoms with Crippen LogP contribution in [0.5, 0.6) is 5.75 Å². The number of benzene rings is 2. The maximum atomic E-state index is 13.1. The zero-order chi connectivity index (χ0) is 21.6. The van der Waals surface area contributed by atoms with E-state index in [0.717, 1.165) is 16.7 Å². The van der Waals surface area contributed by atoms with Crippen molar-refractivity contribution in [3.8, 4) is 16.9 Å². The molecular weight excluding hydrogens is 390 g/mol. The third-order valence-electron chi connectivity index (χ3n) is 5.57. The zero-order valence-electron chi connectivity index (χ0n) is 17.5. The fourth-order valence-corrected chi connectivity index (χ4v) is 3.96. The molecule has 1 aliphatic rings. The predicted octanol–water partition coefficient (Wildman–Crippen LogP) is 3.19. The fraction of sp³-hybridized carbons (Fsp3) is 0.240. The van der Waals surface area contributed by atoms with Crippen LogP contribution in [0.3, 0.4) is 0 Å². The average molecular weight is 415 g/mol. The number of nitrogens with one attached hydrogen (secondary N) is 1. The molecule has 2 heterocycles. The number of nitrogens with zero attached hydrogens (tertiary/aromatic N) is 2. The highest BCUT2D eigenvalue weighted by molar-refractivity contribution is 5.95. The Bertz CT molecular complexity index is 1070. The molecule has 0 spiro atoms. The number of carbonyl (C=O) groups is 2. The molecule has 1 saturated heterocycles. The third kappa shape index (κ3) is 4.74. The van der Waals surface area contributed by atoms with Crippen LogP contribution in [0.25, 0.3) is 11.1 Å². The summed E-state index contributed by atoms with van der Waals surface area (Å²) in [5.41, 5.74) is 3.77. The molecule has 3 aromatic rings. The number of carbonyl (C=O) groups excluding carboxylic acids is 2. The van der Waals surface area contributed by atoms with Crippen LogP contribution in [0.15, 0.2) is 73.1 Å². The van der Waals surface area contributed by atoms with E-state index in [-0.39, 0.29) is 17.7 Å². The predicted molar refractivity (Wildman–Crippen MR) is 119 cm³/mol. The van der Waals surface area contributed by atoms with Crippen LogP contribution in [-0.4, -0.2) is 48.4 Å². The van der Waals surface area contributed by atoms with Crippen LogP contribution < -0.4 is 10.1 Å². The van der Waals surface area contributed by atoms with Crippen molar-refractivity contribution in [3.63, 3.8) is 0 Å². The van der Waals surface area contributed by atoms with Gasteiger partial charge in [-0.05, 0) is 53.4 Å². The van der Waals surface area contributed by atoms with Crippen LogP contribution in [0, 0.1) is 5.92 Å². The van der Waals surface area contributed by atoms with Gasteiger partial charge in [-0.1, -0.05) is 30.3 Å². The van der Waals surface area contributed by atoms with Gasteiger partial charge < -0.3 is 15.0 Å². The number of amides is 2. The van der Waals surface area contributed by atoms with E-state index >= 15 is 0 Å². The Hall–Kier alpha value is -3.67. The topological polar surface area (TPSA) is 71.5 Å². The highest BCUT2D eigenvalue weighted by Crippen LogP contribution is 2.26. The molecule has 0 saturated carbocycles. The Morgan fingerprint density at radius 1 is 1.13 bits per heavy atom. The Morgan fingerprint density at radius 2 is 1.94 bits per heavy atom. The molecule has 6 heteroatoms. The van der Waals surface area contributed by atoms with Gasteiger partial charge in [0, 0.05) is 37.6 Å². The lowest BCUT2D eigenvalue weighted by molar-refractivity contribution is -0.124. The Balaban J connectivity index is 1.57. The van der Waals surface area contributed by atoms with Crippen molar-refractivity contribution in [1.82, 2.24) is 15.2 Å². The van der Waals surface area contributed by atoms with Crippen molar-refractivity contribution < 1.29 is 14.3 Å². The van der Waals surface area contributed by atoms with E-state index in [1.165, 1.54) is 0 Å². The summed E-state index contributed by atoms with van der Waals surface area (Å²) in [6, 6.07) is 19.1. The molecule has 1 N–H and O–H groups in total. The SMILES string of the molecule is COc1cccc(C(=O)N2CCNC(=O)[C@@H](Cc3ccccc3-c3ccncc3)C2)c1. The highest BCUT2D eigenvalue weighted by atomic mass is 16.5. The van der Waals surface area contributed by atoms with Gasteiger partial charge in [0.05, 0.1) is 13.0 Å². The van der Waals surface area contributed by atoms with Crippen molar-refractivity contribution in [2.45, 2.75) is 6.42 Å². The van der Waals surface area contributed by atoms with Crippen molar-refractivity contribution in [1.29, 1.82) is 0 Å². The molecule has 1 atom stereocenters. The lowest BCUT2D eigenvalue weighted by Crippen LogP contribution is -2.37. The second kappa shape index (κ2) is 9.43. The minimum absolute atomic E-state index is 0.0227. The number of aromatic nitrogens is 1. The van der Waals surface area contributed by atoms with Gasteiger partial charge in [0.25, 0.3) is 5.91 Å². The van der Waals surface area contributed by atoms with Crippen molar-refractivity contribution in [3.05, 3.63) is 84.2 Å². The minimum Gasteiger partial charge on any atom is -0.497 e. The molecule has 0 aliphatic carbocycles. The first-order valence-electron chi connectivity index (χ1n) is 10.3. The van der Waals surface area contributed by atoms with E-state index in [9.17, 15) is 9.59 Å². The first-order chi connectivity index (χ1) is 15.2. The quantitative estimate of drug-likeness (QED) is 0.695. The number of hydrogen-bond donors (Lipinski definition) is 1. The Kier molecular flexibility index (Phi) is 6.26. The first-order valence-corrected chi connectivity index (χ1v) is 10.3.